The average Bonchev–Trinajstić information content (AvgIpc) is 2.20. The molecule has 1 aromatic carbocycles. The van der Waals surface area contributed by atoms with Crippen LogP contribution in [0.3, 0.4) is 0 Å². The largest absolute Gasteiger partial charge is 0.102 e. The van der Waals surface area contributed by atoms with Crippen LogP contribution in [-0.2, 0) is 6.42 Å². The molecule has 3 unspecified atom stereocenters. The van der Waals surface area contributed by atoms with Crippen molar-refractivity contribution >= 4 is 16.5 Å². The first-order valence-corrected chi connectivity index (χ1v) is 8.87. The van der Waals surface area contributed by atoms with Gasteiger partial charge in [-0.15, -0.1) is 8.27 Å². The number of benzene rings is 1. The molecular weight excluding hydrogens is 206 g/mol. The highest BCUT2D eigenvalue weighted by molar-refractivity contribution is 8.11. The highest BCUT2D eigenvalue weighted by Crippen LogP contribution is 2.39. The minimum Gasteiger partial charge on any atom is -0.102 e. The summed E-state index contributed by atoms with van der Waals surface area (Å²) >= 11 is 0. The lowest BCUT2D eigenvalue weighted by Gasteiger charge is -2.09. The van der Waals surface area contributed by atoms with Gasteiger partial charge in [0.25, 0.3) is 0 Å². The Morgan fingerprint density at radius 3 is 2.57 bits per heavy atom. The molecule has 0 spiro atoms. The Morgan fingerprint density at radius 2 is 1.93 bits per heavy atom. The molecule has 3 atom stereocenters. The topological polar surface area (TPSA) is 0 Å². The van der Waals surface area contributed by atoms with E-state index in [9.17, 15) is 0 Å². The van der Waals surface area contributed by atoms with Crippen molar-refractivity contribution in [1.29, 1.82) is 0 Å². The van der Waals surface area contributed by atoms with E-state index in [1.165, 1.54) is 33.1 Å². The van der Waals surface area contributed by atoms with Gasteiger partial charge in [-0.3, -0.25) is 0 Å². The molecule has 0 fully saturated rings. The maximum absolute atomic E-state index is 2.39. The third kappa shape index (κ3) is 5.08. The highest BCUT2D eigenvalue weighted by atomic mass is 32.0. The molecule has 78 valence electrons. The Labute approximate surface area is 91.3 Å². The van der Waals surface area contributed by atoms with Crippen molar-refractivity contribution in [2.45, 2.75) is 31.8 Å². The van der Waals surface area contributed by atoms with Crippen molar-refractivity contribution in [3.05, 3.63) is 35.9 Å². The molecule has 0 nitrogen and oxygen atoms in total. The van der Waals surface area contributed by atoms with E-state index in [0.717, 1.165) is 13.9 Å². The van der Waals surface area contributed by atoms with E-state index in [1.54, 1.807) is 0 Å². The molecule has 0 bridgehead atoms. The second-order valence-corrected chi connectivity index (χ2v) is 7.81. The third-order valence-electron chi connectivity index (χ3n) is 2.34. The van der Waals surface area contributed by atoms with Gasteiger partial charge in [-0.1, -0.05) is 45.5 Å². The maximum Gasteiger partial charge on any atom is -0.0229 e. The molecule has 0 radical (unpaired) electrons. The second kappa shape index (κ2) is 7.38. The molecule has 0 aliphatic rings. The molecule has 0 amide bonds. The van der Waals surface area contributed by atoms with Crippen LogP contribution in [0.2, 0.25) is 0 Å². The number of hydrogen-bond acceptors (Lipinski definition) is 0. The van der Waals surface area contributed by atoms with E-state index in [2.05, 4.69) is 43.9 Å². The van der Waals surface area contributed by atoms with E-state index in [1.807, 2.05) is 0 Å². The zero-order valence-electron chi connectivity index (χ0n) is 9.09. The fourth-order valence-electron chi connectivity index (χ4n) is 1.58. The monoisotopic (exact) mass is 226 g/mol. The lowest BCUT2D eigenvalue weighted by Crippen LogP contribution is -1.93. The van der Waals surface area contributed by atoms with E-state index in [0.29, 0.717) is 0 Å². The van der Waals surface area contributed by atoms with Crippen LogP contribution in [0.5, 0.6) is 0 Å². The van der Waals surface area contributed by atoms with Crippen molar-refractivity contribution in [2.24, 2.45) is 0 Å². The minimum atomic E-state index is 0.946. The first kappa shape index (κ1) is 12.2. The zero-order chi connectivity index (χ0) is 10.2. The van der Waals surface area contributed by atoms with Crippen molar-refractivity contribution in [1.82, 2.24) is 0 Å². The Morgan fingerprint density at radius 1 is 1.21 bits per heavy atom. The van der Waals surface area contributed by atoms with Gasteiger partial charge in [0, 0.05) is 0 Å². The molecule has 2 heteroatoms. The van der Waals surface area contributed by atoms with Crippen LogP contribution in [0.15, 0.2) is 30.3 Å². The normalized spacial score (nSPS) is 14.4. The summed E-state index contributed by atoms with van der Waals surface area (Å²) in [5, 5.41) is 0. The van der Waals surface area contributed by atoms with Gasteiger partial charge in [-0.05, 0) is 37.1 Å². The van der Waals surface area contributed by atoms with Gasteiger partial charge in [0.15, 0.2) is 0 Å². The molecule has 0 aliphatic heterocycles. The van der Waals surface area contributed by atoms with E-state index in [4.69, 9.17) is 0 Å². The smallest absolute Gasteiger partial charge is 0.0229 e. The molecule has 0 aliphatic carbocycles. The van der Waals surface area contributed by atoms with Gasteiger partial charge in [0.1, 0.15) is 0 Å². The van der Waals surface area contributed by atoms with Gasteiger partial charge >= 0.3 is 0 Å². The maximum atomic E-state index is 2.39. The lowest BCUT2D eigenvalue weighted by molar-refractivity contribution is 0.729. The second-order valence-electron chi connectivity index (χ2n) is 3.67. The lowest BCUT2D eigenvalue weighted by atomic mass is 10.1. The minimum absolute atomic E-state index is 0.946. The van der Waals surface area contributed by atoms with Gasteiger partial charge in [-0.25, -0.2) is 0 Å². The van der Waals surface area contributed by atoms with Crippen LogP contribution >= 0.6 is 16.5 Å². The summed E-state index contributed by atoms with van der Waals surface area (Å²) in [6, 6.07) is 10.8. The Balaban J connectivity index is 2.16. The summed E-state index contributed by atoms with van der Waals surface area (Å²) in [6.45, 7) is 4.70. The Bertz CT molecular complexity index is 233. The first-order chi connectivity index (χ1) is 6.83. The van der Waals surface area contributed by atoms with Crippen molar-refractivity contribution in [3.8, 4) is 0 Å². The van der Waals surface area contributed by atoms with Crippen LogP contribution in [-0.4, -0.2) is 12.3 Å². The number of aryl methyl sites for hydroxylation is 1. The van der Waals surface area contributed by atoms with Crippen LogP contribution in [0.4, 0.5) is 0 Å². The number of rotatable bonds is 6. The zero-order valence-corrected chi connectivity index (χ0v) is 11.1. The quantitative estimate of drug-likeness (QED) is 0.634. The fourth-order valence-corrected chi connectivity index (χ4v) is 4.33. The standard InChI is InChI=1S/C12H20P2/c1-11(14-13-2)7-6-10-12-8-4-3-5-9-12/h3-5,8-9,11,13-14H,6-7,10H2,1-2H3. The third-order valence-corrected chi connectivity index (χ3v) is 5.75. The summed E-state index contributed by atoms with van der Waals surface area (Å²) in [6.07, 6.45) is 4.00. The fraction of sp³-hybridized carbons (Fsp3) is 0.500. The van der Waals surface area contributed by atoms with Crippen molar-refractivity contribution < 1.29 is 0 Å². The van der Waals surface area contributed by atoms with E-state index >= 15 is 0 Å². The molecule has 0 saturated carbocycles. The molecule has 0 aromatic heterocycles. The van der Waals surface area contributed by atoms with E-state index in [-0.39, 0.29) is 0 Å². The van der Waals surface area contributed by atoms with Gasteiger partial charge in [0.05, 0.1) is 0 Å². The van der Waals surface area contributed by atoms with Gasteiger partial charge in [0.2, 0.25) is 0 Å². The summed E-state index contributed by atoms with van der Waals surface area (Å²) in [5.74, 6) is 0. The summed E-state index contributed by atoms with van der Waals surface area (Å²) in [7, 11) is 2.33. The summed E-state index contributed by atoms with van der Waals surface area (Å²) < 4.78 is 0. The molecule has 1 aromatic rings. The van der Waals surface area contributed by atoms with Crippen LogP contribution in [0, 0.1) is 0 Å². The van der Waals surface area contributed by atoms with Gasteiger partial charge in [-0.2, -0.15) is 0 Å². The highest BCUT2D eigenvalue weighted by Gasteiger charge is 2.00. The Hall–Kier alpha value is 0.0800. The predicted molar refractivity (Wildman–Crippen MR) is 71.4 cm³/mol. The average molecular weight is 226 g/mol. The molecule has 0 N–H and O–H groups in total. The summed E-state index contributed by atoms with van der Waals surface area (Å²) in [4.78, 5) is 0. The van der Waals surface area contributed by atoms with Crippen molar-refractivity contribution in [3.63, 3.8) is 0 Å². The predicted octanol–water partition coefficient (Wildman–Crippen LogP) is 4.30. The van der Waals surface area contributed by atoms with Crippen molar-refractivity contribution in [2.75, 3.05) is 6.66 Å². The molecule has 14 heavy (non-hydrogen) atoms. The first-order valence-electron chi connectivity index (χ1n) is 5.29. The molecule has 0 heterocycles. The Kier molecular flexibility index (Phi) is 6.41. The molecule has 0 saturated heterocycles. The van der Waals surface area contributed by atoms with Gasteiger partial charge < -0.3 is 0 Å². The molecule has 1 rings (SSSR count). The van der Waals surface area contributed by atoms with Crippen LogP contribution in [0.25, 0.3) is 0 Å². The number of hydrogen-bond donors (Lipinski definition) is 0. The van der Waals surface area contributed by atoms with Crippen LogP contribution in [0.1, 0.15) is 25.3 Å². The SMILES string of the molecule is CPPC(C)CCCc1ccccc1. The van der Waals surface area contributed by atoms with Crippen LogP contribution < -0.4 is 0 Å². The summed E-state index contributed by atoms with van der Waals surface area (Å²) in [5.41, 5.74) is 2.43. The molecular formula is C12H20P2. The van der Waals surface area contributed by atoms with E-state index < -0.39 is 0 Å².